The molecule has 1 fully saturated rings. The van der Waals surface area contributed by atoms with E-state index in [1.165, 1.54) is 6.07 Å². The molecule has 0 aromatic carbocycles. The van der Waals surface area contributed by atoms with Gasteiger partial charge in [0.05, 0.1) is 4.92 Å². The van der Waals surface area contributed by atoms with Crippen molar-refractivity contribution in [3.8, 4) is 6.07 Å². The summed E-state index contributed by atoms with van der Waals surface area (Å²) in [4.78, 5) is 16.4. The third-order valence-electron chi connectivity index (χ3n) is 3.24. The second kappa shape index (κ2) is 4.82. The molecule has 0 amide bonds. The Balaban J connectivity index is 2.41. The van der Waals surface area contributed by atoms with E-state index in [1.54, 1.807) is 12.1 Å². The SMILES string of the molecule is CC1(C)CNCCN1c1ccc([N+](=O)[O-])c(C#N)n1. The van der Waals surface area contributed by atoms with Crippen molar-refractivity contribution in [3.05, 3.63) is 27.9 Å². The number of nitro groups is 1. The van der Waals surface area contributed by atoms with Crippen molar-refractivity contribution in [2.45, 2.75) is 19.4 Å². The maximum atomic E-state index is 10.8. The molecule has 0 unspecified atom stereocenters. The van der Waals surface area contributed by atoms with E-state index in [-0.39, 0.29) is 16.9 Å². The summed E-state index contributed by atoms with van der Waals surface area (Å²) in [6, 6.07) is 4.74. The van der Waals surface area contributed by atoms with Gasteiger partial charge in [0.15, 0.2) is 0 Å². The standard InChI is InChI=1S/C12H15N5O2/c1-12(2)8-14-5-6-16(12)11-4-3-10(17(18)19)9(7-13)15-11/h3-4,14H,5-6,8H2,1-2H3. The van der Waals surface area contributed by atoms with Crippen LogP contribution in [0, 0.1) is 21.4 Å². The fraction of sp³-hybridized carbons (Fsp3) is 0.500. The lowest BCUT2D eigenvalue weighted by Gasteiger charge is -2.43. The summed E-state index contributed by atoms with van der Waals surface area (Å²) in [5.74, 6) is 0.605. The highest BCUT2D eigenvalue weighted by Crippen LogP contribution is 2.26. The average Bonchev–Trinajstić information content (AvgIpc) is 2.37. The molecule has 1 aliphatic rings. The largest absolute Gasteiger partial charge is 0.349 e. The molecule has 19 heavy (non-hydrogen) atoms. The lowest BCUT2D eigenvalue weighted by molar-refractivity contribution is -0.385. The zero-order valence-electron chi connectivity index (χ0n) is 10.9. The van der Waals surface area contributed by atoms with Gasteiger partial charge in [-0.1, -0.05) is 0 Å². The minimum Gasteiger partial charge on any atom is -0.349 e. The summed E-state index contributed by atoms with van der Waals surface area (Å²) >= 11 is 0. The number of anilines is 1. The Morgan fingerprint density at radius 3 is 2.89 bits per heavy atom. The first-order valence-electron chi connectivity index (χ1n) is 5.99. The van der Waals surface area contributed by atoms with Gasteiger partial charge < -0.3 is 10.2 Å². The minimum atomic E-state index is -0.585. The molecule has 0 bridgehead atoms. The van der Waals surface area contributed by atoms with Crippen LogP contribution in [0.25, 0.3) is 0 Å². The van der Waals surface area contributed by atoms with Gasteiger partial charge >= 0.3 is 5.69 Å². The number of nitriles is 1. The van der Waals surface area contributed by atoms with Gasteiger partial charge in [-0.2, -0.15) is 5.26 Å². The minimum absolute atomic E-state index is 0.142. The highest BCUT2D eigenvalue weighted by atomic mass is 16.6. The molecule has 2 heterocycles. The Morgan fingerprint density at radius 2 is 2.32 bits per heavy atom. The van der Waals surface area contributed by atoms with Crippen molar-refractivity contribution in [2.75, 3.05) is 24.5 Å². The number of hydrogen-bond acceptors (Lipinski definition) is 6. The number of nitrogens with one attached hydrogen (secondary N) is 1. The summed E-state index contributed by atoms with van der Waals surface area (Å²) in [5.41, 5.74) is -0.537. The molecule has 2 rings (SSSR count). The molecule has 0 spiro atoms. The number of pyridine rings is 1. The average molecular weight is 261 g/mol. The summed E-state index contributed by atoms with van der Waals surface area (Å²) < 4.78 is 0. The van der Waals surface area contributed by atoms with Gasteiger partial charge in [0.1, 0.15) is 11.9 Å². The van der Waals surface area contributed by atoms with Crippen molar-refractivity contribution < 1.29 is 4.92 Å². The second-order valence-electron chi connectivity index (χ2n) is 5.05. The van der Waals surface area contributed by atoms with Crippen LogP contribution in [0.2, 0.25) is 0 Å². The highest BCUT2D eigenvalue weighted by molar-refractivity contribution is 5.53. The quantitative estimate of drug-likeness (QED) is 0.631. The lowest BCUT2D eigenvalue weighted by atomic mass is 10.00. The molecule has 0 aliphatic carbocycles. The Hall–Kier alpha value is -2.20. The number of nitrogens with zero attached hydrogens (tertiary/aromatic N) is 4. The van der Waals surface area contributed by atoms with Crippen LogP contribution in [0.1, 0.15) is 19.5 Å². The molecule has 1 aromatic heterocycles. The van der Waals surface area contributed by atoms with E-state index in [0.29, 0.717) is 5.82 Å². The van der Waals surface area contributed by atoms with Crippen LogP contribution in [-0.2, 0) is 0 Å². The van der Waals surface area contributed by atoms with Crippen molar-refractivity contribution >= 4 is 11.5 Å². The molecule has 7 nitrogen and oxygen atoms in total. The van der Waals surface area contributed by atoms with Gasteiger partial charge in [-0.3, -0.25) is 10.1 Å². The molecular weight excluding hydrogens is 246 g/mol. The van der Waals surface area contributed by atoms with E-state index in [0.717, 1.165) is 19.6 Å². The van der Waals surface area contributed by atoms with E-state index >= 15 is 0 Å². The molecule has 0 radical (unpaired) electrons. The van der Waals surface area contributed by atoms with E-state index < -0.39 is 4.92 Å². The fourth-order valence-electron chi connectivity index (χ4n) is 2.23. The molecule has 1 aromatic rings. The van der Waals surface area contributed by atoms with Crippen LogP contribution < -0.4 is 10.2 Å². The molecule has 0 saturated carbocycles. The first-order valence-corrected chi connectivity index (χ1v) is 5.99. The monoisotopic (exact) mass is 261 g/mol. The van der Waals surface area contributed by atoms with E-state index in [4.69, 9.17) is 5.26 Å². The normalized spacial score (nSPS) is 17.8. The van der Waals surface area contributed by atoms with Crippen LogP contribution >= 0.6 is 0 Å². The maximum absolute atomic E-state index is 10.8. The number of hydrogen-bond donors (Lipinski definition) is 1. The Bertz CT molecular complexity index is 550. The Kier molecular flexibility index (Phi) is 3.36. The number of piperazine rings is 1. The smallest absolute Gasteiger partial charge is 0.305 e. The highest BCUT2D eigenvalue weighted by Gasteiger charge is 2.31. The van der Waals surface area contributed by atoms with Crippen LogP contribution in [0.4, 0.5) is 11.5 Å². The van der Waals surface area contributed by atoms with Gasteiger partial charge in [0, 0.05) is 31.2 Å². The lowest BCUT2D eigenvalue weighted by Crippen LogP contribution is -2.58. The van der Waals surface area contributed by atoms with E-state index in [9.17, 15) is 10.1 Å². The van der Waals surface area contributed by atoms with Crippen molar-refractivity contribution in [3.63, 3.8) is 0 Å². The summed E-state index contributed by atoms with van der Waals surface area (Å²) in [5, 5.41) is 23.0. The topological polar surface area (TPSA) is 95.1 Å². The molecule has 1 saturated heterocycles. The van der Waals surface area contributed by atoms with E-state index in [1.807, 2.05) is 0 Å². The molecule has 100 valence electrons. The zero-order chi connectivity index (χ0) is 14.0. The van der Waals surface area contributed by atoms with Gasteiger partial charge in [0.2, 0.25) is 5.69 Å². The first-order chi connectivity index (χ1) is 8.95. The van der Waals surface area contributed by atoms with Crippen LogP contribution in [0.15, 0.2) is 12.1 Å². The first kappa shape index (κ1) is 13.2. The van der Waals surface area contributed by atoms with Crippen molar-refractivity contribution in [2.24, 2.45) is 0 Å². The van der Waals surface area contributed by atoms with Crippen LogP contribution in [0.3, 0.4) is 0 Å². The third-order valence-corrected chi connectivity index (χ3v) is 3.24. The van der Waals surface area contributed by atoms with E-state index in [2.05, 4.69) is 29.0 Å². The van der Waals surface area contributed by atoms with Gasteiger partial charge in [-0.05, 0) is 19.9 Å². The predicted molar refractivity (Wildman–Crippen MR) is 69.9 cm³/mol. The number of rotatable bonds is 2. The van der Waals surface area contributed by atoms with Gasteiger partial charge in [-0.25, -0.2) is 4.98 Å². The van der Waals surface area contributed by atoms with Crippen LogP contribution in [0.5, 0.6) is 0 Å². The van der Waals surface area contributed by atoms with Crippen molar-refractivity contribution in [1.82, 2.24) is 10.3 Å². The second-order valence-corrected chi connectivity index (χ2v) is 5.05. The summed E-state index contributed by atoms with van der Waals surface area (Å²) in [6.07, 6.45) is 0. The summed E-state index contributed by atoms with van der Waals surface area (Å²) in [6.45, 7) is 6.50. The molecule has 7 heteroatoms. The predicted octanol–water partition coefficient (Wildman–Crippen LogP) is 1.05. The zero-order valence-corrected chi connectivity index (χ0v) is 10.9. The molecule has 1 aliphatic heterocycles. The number of aromatic nitrogens is 1. The molecule has 1 N–H and O–H groups in total. The third kappa shape index (κ3) is 2.48. The Morgan fingerprint density at radius 1 is 1.58 bits per heavy atom. The van der Waals surface area contributed by atoms with Gasteiger partial charge in [0.25, 0.3) is 0 Å². The van der Waals surface area contributed by atoms with Crippen molar-refractivity contribution in [1.29, 1.82) is 5.26 Å². The molecule has 0 atom stereocenters. The van der Waals surface area contributed by atoms with Gasteiger partial charge in [-0.15, -0.1) is 0 Å². The summed E-state index contributed by atoms with van der Waals surface area (Å²) in [7, 11) is 0. The fourth-order valence-corrected chi connectivity index (χ4v) is 2.23. The Labute approximate surface area is 111 Å². The van der Waals surface area contributed by atoms with Crippen LogP contribution in [-0.4, -0.2) is 35.1 Å². The molecular formula is C12H15N5O2. The maximum Gasteiger partial charge on any atom is 0.305 e.